The maximum absolute atomic E-state index is 5.30. The van der Waals surface area contributed by atoms with Crippen molar-refractivity contribution in [1.29, 1.82) is 0 Å². The predicted molar refractivity (Wildman–Crippen MR) is 49.4 cm³/mol. The van der Waals surface area contributed by atoms with E-state index in [0.717, 1.165) is 18.8 Å². The van der Waals surface area contributed by atoms with Crippen molar-refractivity contribution in [2.24, 2.45) is 0 Å². The Balaban J connectivity index is 0.000000461. The maximum atomic E-state index is 5.30. The van der Waals surface area contributed by atoms with Crippen LogP contribution in [-0.4, -0.2) is 6.61 Å². The van der Waals surface area contributed by atoms with Crippen molar-refractivity contribution in [3.63, 3.8) is 0 Å². The monoisotopic (exact) mass is 154 g/mol. The molecule has 0 fully saturated rings. The molecule has 0 atom stereocenters. The second-order valence-electron chi connectivity index (χ2n) is 2.24. The van der Waals surface area contributed by atoms with Crippen LogP contribution in [-0.2, 0) is 4.74 Å². The van der Waals surface area contributed by atoms with Crippen molar-refractivity contribution in [3.05, 3.63) is 23.5 Å². The van der Waals surface area contributed by atoms with Crippen LogP contribution in [0, 0.1) is 0 Å². The average Bonchev–Trinajstić information content (AvgIpc) is 2.42. The molecular formula is C10H18O. The van der Waals surface area contributed by atoms with E-state index < -0.39 is 0 Å². The smallest absolute Gasteiger partial charge is 0.118 e. The third kappa shape index (κ3) is 3.26. The third-order valence-electron chi connectivity index (χ3n) is 1.47. The summed E-state index contributed by atoms with van der Waals surface area (Å²) in [6, 6.07) is 0. The first-order valence-electron chi connectivity index (χ1n) is 4.30. The van der Waals surface area contributed by atoms with Gasteiger partial charge in [-0.1, -0.05) is 19.9 Å². The number of ether oxygens (including phenoxy) is 1. The van der Waals surface area contributed by atoms with Crippen LogP contribution in [0.4, 0.5) is 0 Å². The molecule has 0 N–H and O–H groups in total. The quantitative estimate of drug-likeness (QED) is 0.563. The fraction of sp³-hybridized carbons (Fsp3) is 0.600. The summed E-state index contributed by atoms with van der Waals surface area (Å²) in [4.78, 5) is 0. The standard InChI is InChI=1S/C8H12O.C2H6/c1-3-4-8-7(2)5-6-9-8;1-2/h3-4H,5-6H2,1-2H3;1-2H3/b4-3-;. The van der Waals surface area contributed by atoms with Gasteiger partial charge < -0.3 is 4.74 Å². The summed E-state index contributed by atoms with van der Waals surface area (Å²) < 4.78 is 5.30. The molecule has 0 saturated heterocycles. The predicted octanol–water partition coefficient (Wildman–Crippen LogP) is 3.28. The lowest BCUT2D eigenvalue weighted by molar-refractivity contribution is 0.257. The Hall–Kier alpha value is -0.720. The van der Waals surface area contributed by atoms with Gasteiger partial charge in [0.05, 0.1) is 6.61 Å². The summed E-state index contributed by atoms with van der Waals surface area (Å²) in [7, 11) is 0. The third-order valence-corrected chi connectivity index (χ3v) is 1.47. The van der Waals surface area contributed by atoms with Gasteiger partial charge >= 0.3 is 0 Å². The molecule has 0 amide bonds. The summed E-state index contributed by atoms with van der Waals surface area (Å²) in [5, 5.41) is 0. The minimum absolute atomic E-state index is 0.867. The van der Waals surface area contributed by atoms with Crippen LogP contribution in [0.3, 0.4) is 0 Å². The summed E-state index contributed by atoms with van der Waals surface area (Å²) in [6.45, 7) is 8.98. The Morgan fingerprint density at radius 3 is 2.36 bits per heavy atom. The minimum atomic E-state index is 0.867. The van der Waals surface area contributed by atoms with Crippen LogP contribution >= 0.6 is 0 Å². The first-order chi connectivity index (χ1) is 5.34. The van der Waals surface area contributed by atoms with E-state index in [4.69, 9.17) is 4.74 Å². The molecule has 1 nitrogen and oxygen atoms in total. The highest BCUT2D eigenvalue weighted by Crippen LogP contribution is 2.18. The van der Waals surface area contributed by atoms with Crippen molar-refractivity contribution in [1.82, 2.24) is 0 Å². The molecule has 0 aromatic carbocycles. The average molecular weight is 154 g/mol. The number of rotatable bonds is 1. The van der Waals surface area contributed by atoms with Gasteiger partial charge in [-0.05, 0) is 25.5 Å². The van der Waals surface area contributed by atoms with Gasteiger partial charge in [-0.15, -0.1) is 0 Å². The molecule has 11 heavy (non-hydrogen) atoms. The SMILES string of the molecule is C/C=C\C1=C(C)CCO1.CC. The lowest BCUT2D eigenvalue weighted by atomic mass is 10.2. The highest BCUT2D eigenvalue weighted by Gasteiger charge is 2.07. The van der Waals surface area contributed by atoms with E-state index >= 15 is 0 Å². The first kappa shape index (κ1) is 10.3. The van der Waals surface area contributed by atoms with Gasteiger partial charge in [0, 0.05) is 6.42 Å². The molecule has 1 heterocycles. The van der Waals surface area contributed by atoms with Crippen molar-refractivity contribution >= 4 is 0 Å². The van der Waals surface area contributed by atoms with Crippen molar-refractivity contribution in [2.75, 3.05) is 6.61 Å². The summed E-state index contributed by atoms with van der Waals surface area (Å²) in [5.74, 6) is 1.07. The Morgan fingerprint density at radius 1 is 1.36 bits per heavy atom. The van der Waals surface area contributed by atoms with Crippen molar-refractivity contribution in [2.45, 2.75) is 34.1 Å². The summed E-state index contributed by atoms with van der Waals surface area (Å²) in [5.41, 5.74) is 1.37. The Morgan fingerprint density at radius 2 is 2.00 bits per heavy atom. The van der Waals surface area contributed by atoms with Crippen LogP contribution < -0.4 is 0 Å². The number of hydrogen-bond donors (Lipinski definition) is 0. The van der Waals surface area contributed by atoms with Gasteiger partial charge in [-0.25, -0.2) is 0 Å². The lowest BCUT2D eigenvalue weighted by Gasteiger charge is -1.94. The minimum Gasteiger partial charge on any atom is -0.493 e. The Bertz CT molecular complexity index is 154. The molecule has 0 saturated carbocycles. The van der Waals surface area contributed by atoms with E-state index in [-0.39, 0.29) is 0 Å². The van der Waals surface area contributed by atoms with Gasteiger partial charge in [0.1, 0.15) is 5.76 Å². The second kappa shape index (κ2) is 6.02. The van der Waals surface area contributed by atoms with Gasteiger partial charge in [0.2, 0.25) is 0 Å². The first-order valence-corrected chi connectivity index (χ1v) is 4.30. The molecule has 1 aliphatic rings. The zero-order chi connectivity index (χ0) is 8.69. The normalized spacial score (nSPS) is 16.4. The highest BCUT2D eigenvalue weighted by atomic mass is 16.5. The number of allylic oxidation sites excluding steroid dienone is 2. The maximum Gasteiger partial charge on any atom is 0.118 e. The van der Waals surface area contributed by atoms with E-state index in [0.29, 0.717) is 0 Å². The molecule has 64 valence electrons. The van der Waals surface area contributed by atoms with Gasteiger partial charge in [-0.2, -0.15) is 0 Å². The van der Waals surface area contributed by atoms with Crippen LogP contribution in [0.2, 0.25) is 0 Å². The molecule has 0 aromatic rings. The zero-order valence-corrected chi connectivity index (χ0v) is 7.98. The molecule has 0 radical (unpaired) electrons. The topological polar surface area (TPSA) is 9.23 Å². The van der Waals surface area contributed by atoms with E-state index in [9.17, 15) is 0 Å². The van der Waals surface area contributed by atoms with Crippen molar-refractivity contribution < 1.29 is 4.74 Å². The molecule has 0 aliphatic carbocycles. The summed E-state index contributed by atoms with van der Waals surface area (Å²) >= 11 is 0. The lowest BCUT2D eigenvalue weighted by Crippen LogP contribution is -1.78. The fourth-order valence-electron chi connectivity index (χ4n) is 0.902. The van der Waals surface area contributed by atoms with E-state index in [1.54, 1.807) is 0 Å². The molecule has 0 aromatic heterocycles. The number of hydrogen-bond acceptors (Lipinski definition) is 1. The summed E-state index contributed by atoms with van der Waals surface area (Å²) in [6.07, 6.45) is 5.12. The largest absolute Gasteiger partial charge is 0.493 e. The molecule has 0 bridgehead atoms. The molecule has 1 aliphatic heterocycles. The highest BCUT2D eigenvalue weighted by molar-refractivity contribution is 5.21. The van der Waals surface area contributed by atoms with Gasteiger partial charge in [-0.3, -0.25) is 0 Å². The van der Waals surface area contributed by atoms with Crippen molar-refractivity contribution in [3.8, 4) is 0 Å². The van der Waals surface area contributed by atoms with E-state index in [1.165, 1.54) is 5.57 Å². The van der Waals surface area contributed by atoms with E-state index in [2.05, 4.69) is 6.92 Å². The molecule has 0 spiro atoms. The van der Waals surface area contributed by atoms with Gasteiger partial charge in [0.25, 0.3) is 0 Å². The molecule has 1 heteroatoms. The van der Waals surface area contributed by atoms with Crippen LogP contribution in [0.15, 0.2) is 23.5 Å². The van der Waals surface area contributed by atoms with Gasteiger partial charge in [0.15, 0.2) is 0 Å². The second-order valence-corrected chi connectivity index (χ2v) is 2.24. The molecule has 0 unspecified atom stereocenters. The van der Waals surface area contributed by atoms with Crippen LogP contribution in [0.5, 0.6) is 0 Å². The molecule has 1 rings (SSSR count). The molecular weight excluding hydrogens is 136 g/mol. The Kier molecular flexibility index (Phi) is 5.63. The van der Waals surface area contributed by atoms with Crippen LogP contribution in [0.25, 0.3) is 0 Å². The zero-order valence-electron chi connectivity index (χ0n) is 7.98. The van der Waals surface area contributed by atoms with E-state index in [1.807, 2.05) is 32.9 Å². The Labute approximate surface area is 69.8 Å². The fourth-order valence-corrected chi connectivity index (χ4v) is 0.902. The van der Waals surface area contributed by atoms with Crippen LogP contribution in [0.1, 0.15) is 34.1 Å².